The molecule has 1 heterocycles. The average Bonchev–Trinajstić information content (AvgIpc) is 2.89. The van der Waals surface area contributed by atoms with Gasteiger partial charge in [0.1, 0.15) is 6.17 Å². The van der Waals surface area contributed by atoms with Crippen LogP contribution in [0.25, 0.3) is 0 Å². The monoisotopic (exact) mass is 285 g/mol. The van der Waals surface area contributed by atoms with Gasteiger partial charge < -0.3 is 15.7 Å². The maximum absolute atomic E-state index is 11.1. The lowest BCUT2D eigenvalue weighted by atomic mass is 10.1. The van der Waals surface area contributed by atoms with Crippen LogP contribution in [-0.4, -0.2) is 16.0 Å². The van der Waals surface area contributed by atoms with E-state index in [0.717, 1.165) is 0 Å². The molecule has 0 saturated carbocycles. The number of aromatic carboxylic acids is 1. The van der Waals surface area contributed by atoms with Crippen molar-refractivity contribution >= 4 is 23.0 Å². The number of nitrogens with one attached hydrogen (secondary N) is 2. The SMILES string of the molecule is O=C(O)c1ccc2c(c1)NC(c1ccccc1[N+](=O)[O-])N2. The fourth-order valence-corrected chi connectivity index (χ4v) is 2.32. The van der Waals surface area contributed by atoms with Gasteiger partial charge in [0.15, 0.2) is 0 Å². The van der Waals surface area contributed by atoms with Crippen LogP contribution in [0.5, 0.6) is 0 Å². The van der Waals surface area contributed by atoms with E-state index in [9.17, 15) is 14.9 Å². The van der Waals surface area contributed by atoms with Crippen molar-refractivity contribution in [2.45, 2.75) is 6.17 Å². The number of benzene rings is 2. The van der Waals surface area contributed by atoms with Gasteiger partial charge in [-0.3, -0.25) is 10.1 Å². The summed E-state index contributed by atoms with van der Waals surface area (Å²) in [7, 11) is 0. The maximum atomic E-state index is 11.1. The number of nitrogens with zero attached hydrogens (tertiary/aromatic N) is 1. The van der Waals surface area contributed by atoms with Gasteiger partial charge in [-0.1, -0.05) is 12.1 Å². The Morgan fingerprint density at radius 1 is 1.14 bits per heavy atom. The Labute approximate surface area is 119 Å². The Balaban J connectivity index is 1.95. The first kappa shape index (κ1) is 12.9. The second-order valence-electron chi connectivity index (χ2n) is 4.60. The predicted octanol–water partition coefficient (Wildman–Crippen LogP) is 2.83. The molecule has 7 nitrogen and oxygen atoms in total. The van der Waals surface area contributed by atoms with Crippen LogP contribution in [0.15, 0.2) is 42.5 Å². The molecular weight excluding hydrogens is 274 g/mol. The van der Waals surface area contributed by atoms with Crippen molar-refractivity contribution in [3.63, 3.8) is 0 Å². The molecular formula is C14H11N3O4. The third-order valence-electron chi connectivity index (χ3n) is 3.31. The summed E-state index contributed by atoms with van der Waals surface area (Å²) in [6.07, 6.45) is -0.467. The largest absolute Gasteiger partial charge is 0.478 e. The molecule has 3 rings (SSSR count). The number of anilines is 2. The van der Waals surface area contributed by atoms with E-state index in [0.29, 0.717) is 16.9 Å². The van der Waals surface area contributed by atoms with Crippen molar-refractivity contribution in [2.24, 2.45) is 0 Å². The van der Waals surface area contributed by atoms with Crippen LogP contribution in [-0.2, 0) is 0 Å². The van der Waals surface area contributed by atoms with Gasteiger partial charge in [-0.05, 0) is 24.3 Å². The lowest BCUT2D eigenvalue weighted by Gasteiger charge is -2.12. The Hall–Kier alpha value is -3.09. The first-order valence-corrected chi connectivity index (χ1v) is 6.20. The van der Waals surface area contributed by atoms with Crippen LogP contribution in [0, 0.1) is 10.1 Å². The molecule has 1 atom stereocenters. The first-order chi connectivity index (χ1) is 10.1. The van der Waals surface area contributed by atoms with Crippen molar-refractivity contribution in [2.75, 3.05) is 10.6 Å². The summed E-state index contributed by atoms with van der Waals surface area (Å²) in [5.41, 5.74) is 1.98. The van der Waals surface area contributed by atoms with Crippen LogP contribution in [0.4, 0.5) is 17.1 Å². The third-order valence-corrected chi connectivity index (χ3v) is 3.31. The summed E-state index contributed by atoms with van der Waals surface area (Å²) in [6, 6.07) is 11.0. The first-order valence-electron chi connectivity index (χ1n) is 6.20. The molecule has 0 spiro atoms. The van der Waals surface area contributed by atoms with Crippen molar-refractivity contribution in [1.29, 1.82) is 0 Å². The van der Waals surface area contributed by atoms with Crippen molar-refractivity contribution in [3.05, 3.63) is 63.7 Å². The van der Waals surface area contributed by atoms with Gasteiger partial charge in [-0.15, -0.1) is 0 Å². The summed E-state index contributed by atoms with van der Waals surface area (Å²) in [4.78, 5) is 21.6. The van der Waals surface area contributed by atoms with E-state index in [1.807, 2.05) is 0 Å². The molecule has 3 N–H and O–H groups in total. The summed E-state index contributed by atoms with van der Waals surface area (Å²) in [5, 5.41) is 26.2. The molecule has 1 unspecified atom stereocenters. The minimum atomic E-state index is -1.02. The Morgan fingerprint density at radius 2 is 1.86 bits per heavy atom. The van der Waals surface area contributed by atoms with Crippen LogP contribution in [0.3, 0.4) is 0 Å². The average molecular weight is 285 g/mol. The fourth-order valence-electron chi connectivity index (χ4n) is 2.32. The van der Waals surface area contributed by atoms with Gasteiger partial charge in [-0.2, -0.15) is 0 Å². The van der Waals surface area contributed by atoms with Crippen molar-refractivity contribution < 1.29 is 14.8 Å². The van der Waals surface area contributed by atoms with Gasteiger partial charge in [0.25, 0.3) is 5.69 Å². The molecule has 0 radical (unpaired) electrons. The summed E-state index contributed by atoms with van der Waals surface area (Å²) in [5.74, 6) is -1.02. The molecule has 0 bridgehead atoms. The second kappa shape index (κ2) is 4.78. The molecule has 106 valence electrons. The van der Waals surface area contributed by atoms with Gasteiger partial charge >= 0.3 is 5.97 Å². The molecule has 2 aromatic rings. The summed E-state index contributed by atoms with van der Waals surface area (Å²) >= 11 is 0. The molecule has 0 saturated heterocycles. The van der Waals surface area contributed by atoms with E-state index in [-0.39, 0.29) is 11.3 Å². The number of para-hydroxylation sites is 1. The molecule has 0 fully saturated rings. The molecule has 0 amide bonds. The van der Waals surface area contributed by atoms with Gasteiger partial charge in [0.2, 0.25) is 0 Å². The quantitative estimate of drug-likeness (QED) is 0.591. The molecule has 1 aliphatic rings. The summed E-state index contributed by atoms with van der Waals surface area (Å²) < 4.78 is 0. The normalized spacial score (nSPS) is 15.7. The highest BCUT2D eigenvalue weighted by molar-refractivity contribution is 5.91. The highest BCUT2D eigenvalue weighted by Gasteiger charge is 2.27. The van der Waals surface area contributed by atoms with Crippen LogP contribution < -0.4 is 10.6 Å². The highest BCUT2D eigenvalue weighted by Crippen LogP contribution is 2.38. The summed E-state index contributed by atoms with van der Waals surface area (Å²) in [6.45, 7) is 0. The number of hydrogen-bond donors (Lipinski definition) is 3. The molecule has 0 aliphatic carbocycles. The highest BCUT2D eigenvalue weighted by atomic mass is 16.6. The lowest BCUT2D eigenvalue weighted by molar-refractivity contribution is -0.385. The molecule has 0 aromatic heterocycles. The second-order valence-corrected chi connectivity index (χ2v) is 4.60. The molecule has 7 heteroatoms. The number of nitro benzene ring substituents is 1. The number of carbonyl (C=O) groups is 1. The lowest BCUT2D eigenvalue weighted by Crippen LogP contribution is -2.13. The number of carboxylic acids is 1. The number of hydrogen-bond acceptors (Lipinski definition) is 5. The molecule has 1 aliphatic heterocycles. The van der Waals surface area contributed by atoms with Crippen LogP contribution in [0.1, 0.15) is 22.1 Å². The zero-order valence-corrected chi connectivity index (χ0v) is 10.7. The standard InChI is InChI=1S/C14H11N3O4/c18-14(19)8-5-6-10-11(7-8)16-13(15-10)9-3-1-2-4-12(9)17(20)21/h1-7,13,15-16H,(H,18,19). The predicted molar refractivity (Wildman–Crippen MR) is 76.5 cm³/mol. The van der Waals surface area contributed by atoms with Gasteiger partial charge in [0, 0.05) is 6.07 Å². The van der Waals surface area contributed by atoms with Gasteiger partial charge in [0.05, 0.1) is 27.4 Å². The van der Waals surface area contributed by atoms with Crippen molar-refractivity contribution in [1.82, 2.24) is 0 Å². The number of fused-ring (bicyclic) bond motifs is 1. The zero-order valence-electron chi connectivity index (χ0n) is 10.7. The number of rotatable bonds is 3. The van der Waals surface area contributed by atoms with E-state index in [1.54, 1.807) is 24.3 Å². The number of carboxylic acid groups (broad SMARTS) is 1. The topological polar surface area (TPSA) is 104 Å². The minimum Gasteiger partial charge on any atom is -0.478 e. The Kier molecular flexibility index (Phi) is 2.94. The fraction of sp³-hybridized carbons (Fsp3) is 0.0714. The van der Waals surface area contributed by atoms with E-state index < -0.39 is 17.1 Å². The third kappa shape index (κ3) is 2.25. The van der Waals surface area contributed by atoms with E-state index in [4.69, 9.17) is 5.11 Å². The van der Waals surface area contributed by atoms with E-state index in [2.05, 4.69) is 10.6 Å². The van der Waals surface area contributed by atoms with Crippen LogP contribution in [0.2, 0.25) is 0 Å². The maximum Gasteiger partial charge on any atom is 0.335 e. The van der Waals surface area contributed by atoms with Gasteiger partial charge in [-0.25, -0.2) is 4.79 Å². The number of nitro groups is 1. The Morgan fingerprint density at radius 3 is 2.57 bits per heavy atom. The van der Waals surface area contributed by atoms with E-state index in [1.165, 1.54) is 18.2 Å². The molecule has 2 aromatic carbocycles. The van der Waals surface area contributed by atoms with E-state index >= 15 is 0 Å². The zero-order chi connectivity index (χ0) is 15.0. The molecule has 21 heavy (non-hydrogen) atoms. The Bertz CT molecular complexity index is 745. The minimum absolute atomic E-state index is 0.00811. The van der Waals surface area contributed by atoms with Crippen molar-refractivity contribution in [3.8, 4) is 0 Å². The smallest absolute Gasteiger partial charge is 0.335 e. The van der Waals surface area contributed by atoms with Crippen LogP contribution >= 0.6 is 0 Å².